The summed E-state index contributed by atoms with van der Waals surface area (Å²) in [5, 5.41) is 4.38. The van der Waals surface area contributed by atoms with Crippen molar-refractivity contribution in [3.05, 3.63) is 18.0 Å². The molecule has 19 heavy (non-hydrogen) atoms. The highest BCUT2D eigenvalue weighted by atomic mass is 15.3. The average molecular weight is 266 g/mol. The fraction of sp³-hybridized carbons (Fsp3) is 0.800. The van der Waals surface area contributed by atoms with Gasteiger partial charge >= 0.3 is 0 Å². The molecule has 0 saturated carbocycles. The molecule has 1 atom stereocenters. The van der Waals surface area contributed by atoms with Gasteiger partial charge in [-0.1, -0.05) is 27.7 Å². The Bertz CT molecular complexity index is 347. The maximum Gasteiger partial charge on any atom is 0.0538 e. The summed E-state index contributed by atoms with van der Waals surface area (Å²) in [6.45, 7) is 14.9. The van der Waals surface area contributed by atoms with Crippen molar-refractivity contribution in [3.63, 3.8) is 0 Å². The van der Waals surface area contributed by atoms with Gasteiger partial charge in [0.25, 0.3) is 0 Å². The Kier molecular flexibility index (Phi) is 6.52. The summed E-state index contributed by atoms with van der Waals surface area (Å²) in [6, 6.07) is 0.282. The molecular weight excluding hydrogens is 236 g/mol. The number of rotatable bonds is 8. The first-order chi connectivity index (χ1) is 8.97. The lowest BCUT2D eigenvalue weighted by Crippen LogP contribution is -2.38. The van der Waals surface area contributed by atoms with Crippen molar-refractivity contribution in [2.75, 3.05) is 19.6 Å². The van der Waals surface area contributed by atoms with Crippen molar-refractivity contribution >= 4 is 0 Å². The highest BCUT2D eigenvalue weighted by Crippen LogP contribution is 2.21. The molecule has 0 saturated heterocycles. The molecule has 1 unspecified atom stereocenters. The summed E-state index contributed by atoms with van der Waals surface area (Å²) in [4.78, 5) is 2.51. The highest BCUT2D eigenvalue weighted by Gasteiger charge is 2.22. The van der Waals surface area contributed by atoms with Crippen LogP contribution in [0.3, 0.4) is 0 Å². The molecule has 0 fully saturated rings. The van der Waals surface area contributed by atoms with Gasteiger partial charge in [-0.15, -0.1) is 0 Å². The van der Waals surface area contributed by atoms with E-state index in [1.165, 1.54) is 5.56 Å². The molecule has 1 aromatic rings. The van der Waals surface area contributed by atoms with E-state index in [2.05, 4.69) is 50.8 Å². The molecule has 0 aromatic carbocycles. The first-order valence-electron chi connectivity index (χ1n) is 7.44. The quantitative estimate of drug-likeness (QED) is 0.786. The van der Waals surface area contributed by atoms with Crippen LogP contribution in [-0.2, 0) is 6.54 Å². The normalized spacial score (nSPS) is 13.7. The van der Waals surface area contributed by atoms with Crippen LogP contribution in [-0.4, -0.2) is 34.3 Å². The van der Waals surface area contributed by atoms with Crippen LogP contribution in [0.2, 0.25) is 0 Å². The lowest BCUT2D eigenvalue weighted by Gasteiger charge is -2.33. The second-order valence-corrected chi connectivity index (χ2v) is 6.12. The van der Waals surface area contributed by atoms with Gasteiger partial charge < -0.3 is 5.73 Å². The van der Waals surface area contributed by atoms with Gasteiger partial charge in [0.2, 0.25) is 0 Å². The van der Waals surface area contributed by atoms with E-state index in [9.17, 15) is 0 Å². The Morgan fingerprint density at radius 1 is 1.21 bits per heavy atom. The Morgan fingerprint density at radius 3 is 2.16 bits per heavy atom. The van der Waals surface area contributed by atoms with E-state index in [-0.39, 0.29) is 6.04 Å². The predicted octanol–water partition coefficient (Wildman–Crippen LogP) is 2.52. The van der Waals surface area contributed by atoms with Crippen molar-refractivity contribution in [3.8, 4) is 0 Å². The molecule has 4 nitrogen and oxygen atoms in total. The van der Waals surface area contributed by atoms with E-state index in [0.717, 1.165) is 19.6 Å². The zero-order valence-corrected chi connectivity index (χ0v) is 13.1. The zero-order chi connectivity index (χ0) is 14.4. The lowest BCUT2D eigenvalue weighted by atomic mass is 10.0. The van der Waals surface area contributed by atoms with Crippen LogP contribution in [0.1, 0.15) is 46.2 Å². The largest absolute Gasteiger partial charge is 0.329 e. The molecule has 1 heterocycles. The average Bonchev–Trinajstić information content (AvgIpc) is 2.77. The molecule has 0 aliphatic rings. The minimum Gasteiger partial charge on any atom is -0.329 e. The number of nitrogens with two attached hydrogens (primary N) is 1. The van der Waals surface area contributed by atoms with Crippen LogP contribution in [0.25, 0.3) is 0 Å². The number of aryl methyl sites for hydroxylation is 1. The van der Waals surface area contributed by atoms with Gasteiger partial charge in [0.05, 0.1) is 12.2 Å². The van der Waals surface area contributed by atoms with Crippen LogP contribution in [0.4, 0.5) is 0 Å². The number of hydrogen-bond donors (Lipinski definition) is 1. The molecule has 0 bridgehead atoms. The minimum atomic E-state index is 0.282. The Morgan fingerprint density at radius 2 is 1.79 bits per heavy atom. The molecular formula is C15H30N4. The summed E-state index contributed by atoms with van der Waals surface area (Å²) in [5.74, 6) is 1.29. The molecule has 0 spiro atoms. The fourth-order valence-electron chi connectivity index (χ4n) is 2.49. The first-order valence-corrected chi connectivity index (χ1v) is 7.44. The predicted molar refractivity (Wildman–Crippen MR) is 80.9 cm³/mol. The Hall–Kier alpha value is -0.870. The van der Waals surface area contributed by atoms with Gasteiger partial charge in [-0.3, -0.25) is 9.58 Å². The van der Waals surface area contributed by atoms with E-state index < -0.39 is 0 Å². The molecule has 0 radical (unpaired) electrons. The van der Waals surface area contributed by atoms with E-state index in [0.29, 0.717) is 18.4 Å². The van der Waals surface area contributed by atoms with Crippen molar-refractivity contribution in [1.82, 2.24) is 14.7 Å². The lowest BCUT2D eigenvalue weighted by molar-refractivity contribution is 0.160. The zero-order valence-electron chi connectivity index (χ0n) is 13.1. The molecule has 0 aliphatic carbocycles. The third-order valence-electron chi connectivity index (χ3n) is 3.23. The van der Waals surface area contributed by atoms with Crippen LogP contribution < -0.4 is 5.73 Å². The van der Waals surface area contributed by atoms with Gasteiger partial charge in [-0.05, 0) is 18.8 Å². The summed E-state index contributed by atoms with van der Waals surface area (Å²) in [7, 11) is 0. The highest BCUT2D eigenvalue weighted by molar-refractivity contribution is 5.11. The third kappa shape index (κ3) is 4.96. The molecule has 2 N–H and O–H groups in total. The smallest absolute Gasteiger partial charge is 0.0538 e. The van der Waals surface area contributed by atoms with Crippen LogP contribution in [0.15, 0.2) is 12.4 Å². The number of hydrogen-bond acceptors (Lipinski definition) is 3. The standard InChI is InChI=1S/C15H30N4/c1-6-19-11-14(8-17-19)15(7-16)18(9-12(2)3)10-13(4)5/h8,11-13,15H,6-7,9-10,16H2,1-5H3. The van der Waals surface area contributed by atoms with Gasteiger partial charge in [0.1, 0.15) is 0 Å². The van der Waals surface area contributed by atoms with E-state index in [4.69, 9.17) is 5.73 Å². The van der Waals surface area contributed by atoms with Gasteiger partial charge in [0.15, 0.2) is 0 Å². The summed E-state index contributed by atoms with van der Waals surface area (Å²) in [6.07, 6.45) is 4.10. The maximum absolute atomic E-state index is 6.03. The summed E-state index contributed by atoms with van der Waals surface area (Å²) in [5.41, 5.74) is 7.27. The fourth-order valence-corrected chi connectivity index (χ4v) is 2.49. The SMILES string of the molecule is CCn1cc(C(CN)N(CC(C)C)CC(C)C)cn1. The van der Waals surface area contributed by atoms with Crippen LogP contribution >= 0.6 is 0 Å². The number of aromatic nitrogens is 2. The first kappa shape index (κ1) is 16.2. The monoisotopic (exact) mass is 266 g/mol. The molecule has 110 valence electrons. The van der Waals surface area contributed by atoms with E-state index in [1.807, 2.05) is 10.9 Å². The third-order valence-corrected chi connectivity index (χ3v) is 3.23. The molecule has 4 heteroatoms. The van der Waals surface area contributed by atoms with Crippen molar-refractivity contribution in [1.29, 1.82) is 0 Å². The van der Waals surface area contributed by atoms with Gasteiger partial charge in [-0.2, -0.15) is 5.10 Å². The van der Waals surface area contributed by atoms with Crippen LogP contribution in [0, 0.1) is 11.8 Å². The molecule has 0 amide bonds. The topological polar surface area (TPSA) is 47.1 Å². The van der Waals surface area contributed by atoms with Crippen LogP contribution in [0.5, 0.6) is 0 Å². The Balaban J connectivity index is 2.87. The summed E-state index contributed by atoms with van der Waals surface area (Å²) >= 11 is 0. The van der Waals surface area contributed by atoms with Crippen molar-refractivity contribution < 1.29 is 0 Å². The van der Waals surface area contributed by atoms with Gasteiger partial charge in [0, 0.05) is 37.9 Å². The van der Waals surface area contributed by atoms with E-state index >= 15 is 0 Å². The molecule has 1 aromatic heterocycles. The second-order valence-electron chi connectivity index (χ2n) is 6.12. The van der Waals surface area contributed by atoms with Crippen molar-refractivity contribution in [2.45, 2.75) is 47.2 Å². The van der Waals surface area contributed by atoms with Crippen molar-refractivity contribution in [2.24, 2.45) is 17.6 Å². The summed E-state index contributed by atoms with van der Waals surface area (Å²) < 4.78 is 1.97. The Labute approximate surface area is 118 Å². The second kappa shape index (κ2) is 7.65. The number of nitrogens with zero attached hydrogens (tertiary/aromatic N) is 3. The van der Waals surface area contributed by atoms with Gasteiger partial charge in [-0.25, -0.2) is 0 Å². The molecule has 0 aliphatic heterocycles. The maximum atomic E-state index is 6.03. The van der Waals surface area contributed by atoms with E-state index in [1.54, 1.807) is 0 Å². The minimum absolute atomic E-state index is 0.282. The molecule has 1 rings (SSSR count).